The van der Waals surface area contributed by atoms with Crippen LogP contribution in [0.2, 0.25) is 0 Å². The van der Waals surface area contributed by atoms with Crippen molar-refractivity contribution in [1.29, 1.82) is 0 Å². The lowest BCUT2D eigenvalue weighted by Crippen LogP contribution is -2.05. The largest absolute Gasteiger partial charge is 0.416 e. The van der Waals surface area contributed by atoms with Crippen LogP contribution in [0.3, 0.4) is 0 Å². The third kappa shape index (κ3) is 6.95. The molecule has 0 atom stereocenters. The normalized spacial score (nSPS) is 11.9. The molecule has 0 N–H and O–H groups in total. The molecule has 320 valence electrons. The molecular weight excluding hydrogens is 834 g/mol. The fourth-order valence-corrected chi connectivity index (χ4v) is 9.78. The van der Waals surface area contributed by atoms with Crippen molar-refractivity contribution in [1.82, 2.24) is 19.1 Å². The van der Waals surface area contributed by atoms with Gasteiger partial charge in [-0.1, -0.05) is 152 Å². The van der Waals surface area contributed by atoms with E-state index in [0.717, 1.165) is 83.4 Å². The molecule has 4 nitrogen and oxygen atoms in total. The van der Waals surface area contributed by atoms with E-state index in [1.165, 1.54) is 22.9 Å². The first kappa shape index (κ1) is 40.0. The number of benzene rings is 9. The average Bonchev–Trinajstić information content (AvgIpc) is 3.88. The van der Waals surface area contributed by atoms with Gasteiger partial charge in [-0.2, -0.15) is 13.2 Å². The second kappa shape index (κ2) is 15.9. The lowest BCUT2D eigenvalue weighted by Gasteiger charge is -2.20. The van der Waals surface area contributed by atoms with E-state index in [1.54, 1.807) is 6.92 Å². The highest BCUT2D eigenvalue weighted by atomic mass is 19.4. The van der Waals surface area contributed by atoms with Crippen molar-refractivity contribution >= 4 is 43.6 Å². The van der Waals surface area contributed by atoms with Gasteiger partial charge in [-0.3, -0.25) is 0 Å². The summed E-state index contributed by atoms with van der Waals surface area (Å²) in [5.74, 6) is 0.627. The lowest BCUT2D eigenvalue weighted by molar-refractivity contribution is -0.137. The van der Waals surface area contributed by atoms with Gasteiger partial charge in [-0.05, 0) is 90.3 Å². The number of nitrogens with zero attached hydrogens (tertiary/aromatic N) is 4. The molecule has 0 unspecified atom stereocenters. The zero-order valence-corrected chi connectivity index (χ0v) is 36.2. The molecule has 0 spiro atoms. The highest BCUT2D eigenvalue weighted by molar-refractivity contribution is 6.12. The van der Waals surface area contributed by atoms with Gasteiger partial charge in [0.15, 0.2) is 5.82 Å². The van der Waals surface area contributed by atoms with Crippen LogP contribution in [0.4, 0.5) is 13.2 Å². The summed E-state index contributed by atoms with van der Waals surface area (Å²) >= 11 is 0. The van der Waals surface area contributed by atoms with Crippen LogP contribution in [0.25, 0.3) is 111 Å². The van der Waals surface area contributed by atoms with E-state index >= 15 is 0 Å². The molecule has 3 aromatic heterocycles. The second-order valence-corrected chi connectivity index (χ2v) is 17.0. The fourth-order valence-electron chi connectivity index (χ4n) is 9.78. The number of aryl methyl sites for hydroxylation is 1. The summed E-state index contributed by atoms with van der Waals surface area (Å²) in [7, 11) is 0. The van der Waals surface area contributed by atoms with Crippen molar-refractivity contribution in [2.24, 2.45) is 0 Å². The van der Waals surface area contributed by atoms with Gasteiger partial charge in [0.1, 0.15) is 0 Å². The molecule has 0 saturated carbocycles. The SMILES string of the molecule is Cc1cc(-c2ccc3c(c2)c2ccccc2n3-c2ccc(-c3cc(-c4ccccc4)nc(-c4ccccc4)n3)cc2-c2ccccc2-n2c3ccccc3c3ccccc32)cc(C(F)(F)F)c1. The molecule has 0 bridgehead atoms. The Kier molecular flexibility index (Phi) is 9.47. The second-order valence-electron chi connectivity index (χ2n) is 17.0. The fraction of sp³-hybridized carbons (Fsp3) is 0.0333. The van der Waals surface area contributed by atoms with Crippen molar-refractivity contribution in [2.45, 2.75) is 13.1 Å². The number of hydrogen-bond acceptors (Lipinski definition) is 2. The Morgan fingerprint density at radius 1 is 0.358 bits per heavy atom. The quantitative estimate of drug-likeness (QED) is 0.160. The molecule has 0 amide bonds. The van der Waals surface area contributed by atoms with Crippen LogP contribution in [0, 0.1) is 6.92 Å². The zero-order chi connectivity index (χ0) is 45.2. The number of halogens is 3. The maximum atomic E-state index is 14.1. The van der Waals surface area contributed by atoms with Crippen molar-refractivity contribution in [3.8, 4) is 67.5 Å². The molecule has 67 heavy (non-hydrogen) atoms. The summed E-state index contributed by atoms with van der Waals surface area (Å²) in [6, 6.07) is 73.0. The minimum Gasteiger partial charge on any atom is -0.309 e. The monoisotopic (exact) mass is 872 g/mol. The number of rotatable bonds is 7. The molecular formula is C60H39F3N4. The van der Waals surface area contributed by atoms with Gasteiger partial charge in [-0.15, -0.1) is 0 Å². The predicted molar refractivity (Wildman–Crippen MR) is 268 cm³/mol. The van der Waals surface area contributed by atoms with Crippen molar-refractivity contribution in [2.75, 3.05) is 0 Å². The standard InChI is InChI=1S/C60H39F3N4/c1-38-32-43(34-44(33-38)60(61,62)63)41-28-30-57-49(35-41)47-22-10-15-27-56(47)67(57)58-31-29-42(52-37-51(39-16-4-2-5-17-39)64-59(65-52)40-18-6-3-7-19-40)36-50(58)48-23-11-14-26-55(48)66-53-24-12-8-20-45(53)46-21-9-13-25-54(46)66/h2-37H,1H3. The van der Waals surface area contributed by atoms with Gasteiger partial charge in [0, 0.05) is 49.4 Å². The summed E-state index contributed by atoms with van der Waals surface area (Å²) in [4.78, 5) is 10.3. The summed E-state index contributed by atoms with van der Waals surface area (Å²) in [6.07, 6.45) is -4.46. The van der Waals surface area contributed by atoms with Crippen LogP contribution in [0.15, 0.2) is 218 Å². The van der Waals surface area contributed by atoms with E-state index in [2.05, 4.69) is 130 Å². The Morgan fingerprint density at radius 2 is 0.866 bits per heavy atom. The Labute approximate surface area is 384 Å². The Balaban J connectivity index is 1.14. The first-order valence-electron chi connectivity index (χ1n) is 22.2. The molecule has 0 aliphatic carbocycles. The molecule has 0 aliphatic heterocycles. The van der Waals surface area contributed by atoms with Crippen LogP contribution < -0.4 is 0 Å². The smallest absolute Gasteiger partial charge is 0.309 e. The molecule has 0 saturated heterocycles. The van der Waals surface area contributed by atoms with Gasteiger partial charge < -0.3 is 9.13 Å². The van der Waals surface area contributed by atoms with E-state index in [1.807, 2.05) is 84.9 Å². The van der Waals surface area contributed by atoms with Gasteiger partial charge in [-0.25, -0.2) is 9.97 Å². The molecule has 12 rings (SSSR count). The summed E-state index contributed by atoms with van der Waals surface area (Å²) in [5.41, 5.74) is 13.5. The van der Waals surface area contributed by atoms with Crippen LogP contribution in [0.1, 0.15) is 11.1 Å². The first-order valence-corrected chi connectivity index (χ1v) is 22.2. The van der Waals surface area contributed by atoms with Crippen molar-refractivity contribution in [3.05, 3.63) is 230 Å². The number of para-hydroxylation sites is 4. The number of fused-ring (bicyclic) bond motifs is 6. The van der Waals surface area contributed by atoms with Crippen molar-refractivity contribution < 1.29 is 13.2 Å². The van der Waals surface area contributed by atoms with E-state index in [4.69, 9.17) is 9.97 Å². The molecule has 0 fully saturated rings. The van der Waals surface area contributed by atoms with Gasteiger partial charge in [0.25, 0.3) is 0 Å². The number of aromatic nitrogens is 4. The molecule has 12 aromatic rings. The van der Waals surface area contributed by atoms with E-state index in [0.29, 0.717) is 22.5 Å². The summed E-state index contributed by atoms with van der Waals surface area (Å²) in [6.45, 7) is 1.71. The van der Waals surface area contributed by atoms with Crippen molar-refractivity contribution in [3.63, 3.8) is 0 Å². The Bertz CT molecular complexity index is 3750. The molecule has 0 aliphatic rings. The summed E-state index contributed by atoms with van der Waals surface area (Å²) < 4.78 is 46.9. The van der Waals surface area contributed by atoms with E-state index in [-0.39, 0.29) is 0 Å². The molecule has 0 radical (unpaired) electrons. The number of alkyl halides is 3. The predicted octanol–water partition coefficient (Wildman–Crippen LogP) is 16.3. The maximum absolute atomic E-state index is 14.1. The summed E-state index contributed by atoms with van der Waals surface area (Å²) in [5, 5.41) is 4.26. The minimum atomic E-state index is -4.46. The molecule has 3 heterocycles. The maximum Gasteiger partial charge on any atom is 0.416 e. The highest BCUT2D eigenvalue weighted by Gasteiger charge is 2.31. The third-order valence-electron chi connectivity index (χ3n) is 12.8. The Morgan fingerprint density at radius 3 is 1.51 bits per heavy atom. The third-order valence-corrected chi connectivity index (χ3v) is 12.8. The van der Waals surface area contributed by atoms with Crippen LogP contribution >= 0.6 is 0 Å². The number of hydrogen-bond donors (Lipinski definition) is 0. The average molecular weight is 873 g/mol. The first-order chi connectivity index (χ1) is 32.8. The van der Waals surface area contributed by atoms with Gasteiger partial charge in [0.05, 0.1) is 50.4 Å². The molecule has 7 heteroatoms. The minimum absolute atomic E-state index is 0.519. The topological polar surface area (TPSA) is 35.6 Å². The van der Waals surface area contributed by atoms with Crippen LogP contribution in [0.5, 0.6) is 0 Å². The van der Waals surface area contributed by atoms with Crippen LogP contribution in [-0.4, -0.2) is 19.1 Å². The Hall–Kier alpha value is -8.55. The van der Waals surface area contributed by atoms with E-state index in [9.17, 15) is 13.2 Å². The lowest BCUT2D eigenvalue weighted by atomic mass is 9.96. The van der Waals surface area contributed by atoms with Gasteiger partial charge in [0.2, 0.25) is 0 Å². The van der Waals surface area contributed by atoms with Gasteiger partial charge >= 0.3 is 6.18 Å². The van der Waals surface area contributed by atoms with Crippen LogP contribution in [-0.2, 0) is 6.18 Å². The van der Waals surface area contributed by atoms with E-state index < -0.39 is 11.7 Å². The highest BCUT2D eigenvalue weighted by Crippen LogP contribution is 2.44. The molecule has 9 aromatic carbocycles. The zero-order valence-electron chi connectivity index (χ0n) is 36.2.